The molecule has 0 aliphatic heterocycles. The molecular weight excluding hydrogens is 364 g/mol. The molecule has 152 valence electrons. The van der Waals surface area contributed by atoms with Crippen LogP contribution in [0.5, 0.6) is 28.7 Å². The maximum atomic E-state index is 11.6. The maximum absolute atomic E-state index is 11.6. The molecule has 28 heavy (non-hydrogen) atoms. The van der Waals surface area contributed by atoms with Crippen LogP contribution in [-0.2, 0) is 0 Å². The van der Waals surface area contributed by atoms with Gasteiger partial charge in [0.2, 0.25) is 0 Å². The van der Waals surface area contributed by atoms with Gasteiger partial charge in [-0.2, -0.15) is 0 Å². The summed E-state index contributed by atoms with van der Waals surface area (Å²) >= 11 is 0. The molecule has 0 saturated carbocycles. The van der Waals surface area contributed by atoms with Crippen LogP contribution in [0, 0.1) is 18.8 Å². The highest BCUT2D eigenvalue weighted by Gasteiger charge is 2.16. The van der Waals surface area contributed by atoms with Crippen LogP contribution in [0.25, 0.3) is 0 Å². The summed E-state index contributed by atoms with van der Waals surface area (Å²) < 4.78 is 0. The van der Waals surface area contributed by atoms with Gasteiger partial charge in [-0.15, -0.1) is 0 Å². The number of aromatic hydroxyl groups is 5. The monoisotopic (exact) mass is 390 g/mol. The second-order valence-electron chi connectivity index (χ2n) is 7.06. The molecule has 0 atom stereocenters. The number of aryl methyl sites for hydroxylation is 1. The van der Waals surface area contributed by atoms with E-state index < -0.39 is 17.2 Å². The molecule has 0 radical (unpaired) electrons. The summed E-state index contributed by atoms with van der Waals surface area (Å²) in [6.45, 7) is 8.65. The van der Waals surface area contributed by atoms with E-state index in [-0.39, 0.29) is 40.5 Å². The lowest BCUT2D eigenvalue weighted by molar-refractivity contribution is 0.0931. The Morgan fingerprint density at radius 1 is 0.643 bits per heavy atom. The van der Waals surface area contributed by atoms with Crippen molar-refractivity contribution in [1.29, 1.82) is 0 Å². The van der Waals surface area contributed by atoms with Crippen LogP contribution < -0.4 is 0 Å². The Balaban J connectivity index is 0.000000280. The number of rotatable bonds is 4. The van der Waals surface area contributed by atoms with Crippen molar-refractivity contribution < 1.29 is 35.1 Å². The average molecular weight is 390 g/mol. The molecule has 0 aliphatic carbocycles. The van der Waals surface area contributed by atoms with Crippen molar-refractivity contribution in [2.45, 2.75) is 34.6 Å². The molecule has 0 aromatic heterocycles. The van der Waals surface area contributed by atoms with Crippen molar-refractivity contribution in [2.75, 3.05) is 0 Å². The van der Waals surface area contributed by atoms with Gasteiger partial charge in [-0.05, 0) is 36.8 Å². The molecule has 0 spiro atoms. The van der Waals surface area contributed by atoms with Gasteiger partial charge in [0.05, 0.1) is 0 Å². The van der Waals surface area contributed by atoms with E-state index in [2.05, 4.69) is 0 Å². The summed E-state index contributed by atoms with van der Waals surface area (Å²) in [4.78, 5) is 23.0. The zero-order valence-electron chi connectivity index (χ0n) is 16.5. The molecule has 2 aromatic rings. The predicted molar refractivity (Wildman–Crippen MR) is 104 cm³/mol. The molecular formula is C21H26O7. The third kappa shape index (κ3) is 5.39. The standard InChI is InChI=1S/C11H14O3.C10H12O4/c1-6(2)10(13)8-4-7(3)11(14)9(12)5-8;1-5(2)9(13)6-3-7(11)10(14)8(12)4-6/h4-6,12,14H,1-3H3;3-5,11-12,14H,1-2H3. The van der Waals surface area contributed by atoms with E-state index in [0.717, 1.165) is 12.1 Å². The second-order valence-corrected chi connectivity index (χ2v) is 7.06. The Labute approximate surface area is 163 Å². The van der Waals surface area contributed by atoms with Crippen molar-refractivity contribution >= 4 is 11.6 Å². The highest BCUT2D eigenvalue weighted by molar-refractivity contribution is 5.99. The number of phenols is 5. The van der Waals surface area contributed by atoms with Gasteiger partial charge < -0.3 is 25.5 Å². The number of benzene rings is 2. The third-order valence-corrected chi connectivity index (χ3v) is 3.97. The first kappa shape index (κ1) is 22.8. The van der Waals surface area contributed by atoms with E-state index in [9.17, 15) is 19.8 Å². The quantitative estimate of drug-likeness (QED) is 0.395. The molecule has 7 heteroatoms. The molecule has 0 fully saturated rings. The first-order chi connectivity index (χ1) is 12.9. The van der Waals surface area contributed by atoms with Gasteiger partial charge >= 0.3 is 0 Å². The Kier molecular flexibility index (Phi) is 7.43. The summed E-state index contributed by atoms with van der Waals surface area (Å²) in [5, 5.41) is 45.9. The number of carbonyl (C=O) groups is 2. The highest BCUT2D eigenvalue weighted by Crippen LogP contribution is 2.36. The lowest BCUT2D eigenvalue weighted by atomic mass is 9.99. The van der Waals surface area contributed by atoms with Gasteiger partial charge in [0.25, 0.3) is 0 Å². The second kappa shape index (κ2) is 9.12. The van der Waals surface area contributed by atoms with Gasteiger partial charge in [0.15, 0.2) is 40.3 Å². The zero-order valence-corrected chi connectivity index (χ0v) is 16.5. The Bertz CT molecular complexity index is 763. The van der Waals surface area contributed by atoms with Crippen molar-refractivity contribution in [1.82, 2.24) is 0 Å². The first-order valence-corrected chi connectivity index (χ1v) is 8.72. The van der Waals surface area contributed by atoms with Crippen molar-refractivity contribution in [3.8, 4) is 28.7 Å². The molecule has 0 heterocycles. The molecule has 0 saturated heterocycles. The van der Waals surface area contributed by atoms with Crippen LogP contribution in [0.1, 0.15) is 54.0 Å². The normalized spacial score (nSPS) is 10.5. The van der Waals surface area contributed by atoms with Crippen LogP contribution in [-0.4, -0.2) is 37.1 Å². The summed E-state index contributed by atoms with van der Waals surface area (Å²) in [5.74, 6) is -2.57. The van der Waals surface area contributed by atoms with Crippen LogP contribution in [0.3, 0.4) is 0 Å². The topological polar surface area (TPSA) is 135 Å². The first-order valence-electron chi connectivity index (χ1n) is 8.72. The minimum absolute atomic E-state index is 0.0385. The van der Waals surface area contributed by atoms with Gasteiger partial charge in [0.1, 0.15) is 0 Å². The third-order valence-electron chi connectivity index (χ3n) is 3.97. The van der Waals surface area contributed by atoms with Crippen molar-refractivity contribution in [3.63, 3.8) is 0 Å². The number of carbonyl (C=O) groups excluding carboxylic acids is 2. The molecule has 0 aliphatic rings. The smallest absolute Gasteiger partial charge is 0.200 e. The number of hydrogen-bond acceptors (Lipinski definition) is 7. The van der Waals surface area contributed by atoms with Crippen LogP contribution in [0.4, 0.5) is 0 Å². The van der Waals surface area contributed by atoms with Crippen molar-refractivity contribution in [3.05, 3.63) is 41.0 Å². The summed E-state index contributed by atoms with van der Waals surface area (Å²) in [7, 11) is 0. The Morgan fingerprint density at radius 2 is 0.964 bits per heavy atom. The average Bonchev–Trinajstić information content (AvgIpc) is 2.62. The Hall–Kier alpha value is -3.22. The van der Waals surface area contributed by atoms with Crippen molar-refractivity contribution in [2.24, 2.45) is 11.8 Å². The summed E-state index contributed by atoms with van der Waals surface area (Å²) in [5.41, 5.74) is 1.13. The minimum Gasteiger partial charge on any atom is -0.504 e. The molecule has 0 bridgehead atoms. The summed E-state index contributed by atoms with van der Waals surface area (Å²) in [6, 6.07) is 5.15. The predicted octanol–water partition coefficient (Wildman–Crippen LogP) is 3.89. The molecule has 2 rings (SSSR count). The van der Waals surface area contributed by atoms with Crippen LogP contribution >= 0.6 is 0 Å². The van der Waals surface area contributed by atoms with E-state index in [0.29, 0.717) is 11.1 Å². The molecule has 0 amide bonds. The lowest BCUT2D eigenvalue weighted by Crippen LogP contribution is -2.07. The van der Waals surface area contributed by atoms with Crippen LogP contribution in [0.2, 0.25) is 0 Å². The minimum atomic E-state index is -0.606. The van der Waals surface area contributed by atoms with Gasteiger partial charge in [-0.3, -0.25) is 9.59 Å². The number of hydrogen-bond donors (Lipinski definition) is 5. The summed E-state index contributed by atoms with van der Waals surface area (Å²) in [6.07, 6.45) is 0. The van der Waals surface area contributed by atoms with E-state index in [1.165, 1.54) is 6.07 Å². The fourth-order valence-corrected chi connectivity index (χ4v) is 2.32. The molecule has 2 aromatic carbocycles. The van der Waals surface area contributed by atoms with Gasteiger partial charge in [-0.25, -0.2) is 0 Å². The Morgan fingerprint density at radius 3 is 1.29 bits per heavy atom. The van der Waals surface area contributed by atoms with E-state index in [1.807, 2.05) is 0 Å². The van der Waals surface area contributed by atoms with Crippen LogP contribution in [0.15, 0.2) is 24.3 Å². The van der Waals surface area contributed by atoms with Gasteiger partial charge in [-0.1, -0.05) is 27.7 Å². The maximum Gasteiger partial charge on any atom is 0.200 e. The highest BCUT2D eigenvalue weighted by atomic mass is 16.3. The fraction of sp³-hybridized carbons (Fsp3) is 0.333. The fourth-order valence-electron chi connectivity index (χ4n) is 2.32. The lowest BCUT2D eigenvalue weighted by Gasteiger charge is -2.07. The number of ketones is 2. The molecule has 5 N–H and O–H groups in total. The SMILES string of the molecule is CC(C)C(=O)c1cc(O)c(O)c(O)c1.Cc1cc(C(=O)C(C)C)cc(O)c1O. The number of Topliss-reactive ketones (excluding diaryl/α,β-unsaturated/α-hetero) is 2. The molecule has 7 nitrogen and oxygen atoms in total. The van der Waals surface area contributed by atoms with E-state index in [4.69, 9.17) is 15.3 Å². The van der Waals surface area contributed by atoms with E-state index in [1.54, 1.807) is 40.7 Å². The van der Waals surface area contributed by atoms with Gasteiger partial charge in [0, 0.05) is 23.0 Å². The zero-order chi connectivity index (χ0) is 21.8. The largest absolute Gasteiger partial charge is 0.504 e. The number of phenolic OH excluding ortho intramolecular Hbond substituents is 5. The van der Waals surface area contributed by atoms with E-state index >= 15 is 0 Å². The molecule has 0 unspecified atom stereocenters.